The molecule has 0 aromatic carbocycles. The third kappa shape index (κ3) is 6.34. The molecule has 0 spiro atoms. The molecule has 1 unspecified atom stereocenters. The summed E-state index contributed by atoms with van der Waals surface area (Å²) in [5, 5.41) is 12.2. The Kier molecular flexibility index (Phi) is 5.39. The fourth-order valence-electron chi connectivity index (χ4n) is 0.736. The van der Waals surface area contributed by atoms with Gasteiger partial charge in [0.15, 0.2) is 0 Å². The first-order valence-electron chi connectivity index (χ1n) is 4.62. The Morgan fingerprint density at radius 2 is 2.31 bits per heavy atom. The van der Waals surface area contributed by atoms with Crippen LogP contribution in [0, 0.1) is 0 Å². The van der Waals surface area contributed by atoms with Crippen molar-refractivity contribution in [3.63, 3.8) is 0 Å². The maximum Gasteiger partial charge on any atom is 0.220 e. The molecule has 0 aliphatic carbocycles. The molecular formula is C10H19NO2. The van der Waals surface area contributed by atoms with Crippen LogP contribution in [0.5, 0.6) is 0 Å². The minimum atomic E-state index is -0.788. The molecule has 0 saturated carbocycles. The van der Waals surface area contributed by atoms with Gasteiger partial charge in [0.2, 0.25) is 5.91 Å². The highest BCUT2D eigenvalue weighted by Crippen LogP contribution is 2.05. The first kappa shape index (κ1) is 12.2. The molecule has 0 aromatic heterocycles. The highest BCUT2D eigenvalue weighted by Gasteiger charge is 2.17. The van der Waals surface area contributed by atoms with Crippen LogP contribution in [-0.4, -0.2) is 23.2 Å². The van der Waals surface area contributed by atoms with Crippen molar-refractivity contribution in [2.75, 3.05) is 6.54 Å². The number of carbonyl (C=O) groups excluding carboxylic acids is 1. The van der Waals surface area contributed by atoms with Crippen molar-refractivity contribution in [1.29, 1.82) is 0 Å². The van der Waals surface area contributed by atoms with E-state index in [1.54, 1.807) is 13.0 Å². The summed E-state index contributed by atoms with van der Waals surface area (Å²) in [4.78, 5) is 11.1. The summed E-state index contributed by atoms with van der Waals surface area (Å²) in [7, 11) is 0. The summed E-state index contributed by atoms with van der Waals surface area (Å²) in [6.45, 7) is 7.44. The summed E-state index contributed by atoms with van der Waals surface area (Å²) in [6, 6.07) is 0. The van der Waals surface area contributed by atoms with Gasteiger partial charge in [-0.15, -0.1) is 6.58 Å². The van der Waals surface area contributed by atoms with Gasteiger partial charge in [-0.2, -0.15) is 0 Å². The Morgan fingerprint density at radius 1 is 1.69 bits per heavy atom. The average Bonchev–Trinajstić information content (AvgIpc) is 2.11. The van der Waals surface area contributed by atoms with E-state index in [0.29, 0.717) is 25.8 Å². The van der Waals surface area contributed by atoms with Crippen molar-refractivity contribution < 1.29 is 9.90 Å². The van der Waals surface area contributed by atoms with E-state index < -0.39 is 5.60 Å². The third-order valence-electron chi connectivity index (χ3n) is 2.00. The summed E-state index contributed by atoms with van der Waals surface area (Å²) >= 11 is 0. The average molecular weight is 185 g/mol. The van der Waals surface area contributed by atoms with E-state index in [1.807, 2.05) is 6.92 Å². The lowest BCUT2D eigenvalue weighted by Crippen LogP contribution is -2.39. The lowest BCUT2D eigenvalue weighted by Gasteiger charge is -2.21. The molecule has 13 heavy (non-hydrogen) atoms. The second-order valence-corrected chi connectivity index (χ2v) is 3.45. The SMILES string of the molecule is C=CCCC(=O)NCC(C)(O)CC. The summed E-state index contributed by atoms with van der Waals surface area (Å²) in [6.07, 6.45) is 3.47. The summed E-state index contributed by atoms with van der Waals surface area (Å²) < 4.78 is 0. The molecule has 0 fully saturated rings. The molecule has 0 aliphatic heterocycles. The van der Waals surface area contributed by atoms with E-state index >= 15 is 0 Å². The van der Waals surface area contributed by atoms with Crippen LogP contribution in [0.4, 0.5) is 0 Å². The van der Waals surface area contributed by atoms with Gasteiger partial charge < -0.3 is 10.4 Å². The minimum absolute atomic E-state index is 0.0337. The normalized spacial score (nSPS) is 14.7. The number of carbonyl (C=O) groups is 1. The standard InChI is InChI=1S/C10H19NO2/c1-4-6-7-9(12)11-8-10(3,13)5-2/h4,13H,1,5-8H2,2-3H3,(H,11,12). The van der Waals surface area contributed by atoms with Gasteiger partial charge in [0.05, 0.1) is 5.60 Å². The zero-order chi connectivity index (χ0) is 10.3. The summed E-state index contributed by atoms with van der Waals surface area (Å²) in [5.41, 5.74) is -0.788. The molecule has 0 radical (unpaired) electrons. The molecule has 0 aromatic rings. The Hall–Kier alpha value is -0.830. The highest BCUT2D eigenvalue weighted by atomic mass is 16.3. The molecule has 2 N–H and O–H groups in total. The van der Waals surface area contributed by atoms with Crippen molar-refractivity contribution in [2.24, 2.45) is 0 Å². The highest BCUT2D eigenvalue weighted by molar-refractivity contribution is 5.76. The Morgan fingerprint density at radius 3 is 2.77 bits per heavy atom. The predicted octanol–water partition coefficient (Wildman–Crippen LogP) is 1.23. The van der Waals surface area contributed by atoms with Gasteiger partial charge in [-0.3, -0.25) is 4.79 Å². The molecular weight excluding hydrogens is 166 g/mol. The number of rotatable bonds is 6. The maximum absolute atomic E-state index is 11.1. The van der Waals surface area contributed by atoms with Crippen LogP contribution in [0.2, 0.25) is 0 Å². The monoisotopic (exact) mass is 185 g/mol. The zero-order valence-electron chi connectivity index (χ0n) is 8.47. The van der Waals surface area contributed by atoms with Gasteiger partial charge >= 0.3 is 0 Å². The van der Waals surface area contributed by atoms with Crippen LogP contribution in [0.25, 0.3) is 0 Å². The molecule has 1 atom stereocenters. The van der Waals surface area contributed by atoms with Crippen molar-refractivity contribution >= 4 is 5.91 Å². The number of hydrogen-bond acceptors (Lipinski definition) is 2. The van der Waals surface area contributed by atoms with Crippen LogP contribution in [-0.2, 0) is 4.79 Å². The molecule has 0 bridgehead atoms. The molecule has 3 nitrogen and oxygen atoms in total. The molecule has 3 heteroatoms. The zero-order valence-corrected chi connectivity index (χ0v) is 8.47. The Labute approximate surface area is 79.8 Å². The number of hydrogen-bond donors (Lipinski definition) is 2. The van der Waals surface area contributed by atoms with E-state index in [9.17, 15) is 9.90 Å². The second-order valence-electron chi connectivity index (χ2n) is 3.45. The molecule has 0 aliphatic rings. The van der Waals surface area contributed by atoms with Crippen molar-refractivity contribution in [3.8, 4) is 0 Å². The van der Waals surface area contributed by atoms with Gasteiger partial charge in [-0.25, -0.2) is 0 Å². The Bertz CT molecular complexity index is 176. The van der Waals surface area contributed by atoms with E-state index in [1.165, 1.54) is 0 Å². The topological polar surface area (TPSA) is 49.3 Å². The van der Waals surface area contributed by atoms with Crippen LogP contribution >= 0.6 is 0 Å². The number of nitrogens with one attached hydrogen (secondary N) is 1. The van der Waals surface area contributed by atoms with Gasteiger partial charge in [0, 0.05) is 13.0 Å². The van der Waals surface area contributed by atoms with Crippen molar-refractivity contribution in [3.05, 3.63) is 12.7 Å². The molecule has 1 amide bonds. The minimum Gasteiger partial charge on any atom is -0.388 e. The fourth-order valence-corrected chi connectivity index (χ4v) is 0.736. The first-order valence-corrected chi connectivity index (χ1v) is 4.62. The number of allylic oxidation sites excluding steroid dienone is 1. The van der Waals surface area contributed by atoms with Crippen LogP contribution < -0.4 is 5.32 Å². The van der Waals surface area contributed by atoms with E-state index in [0.717, 1.165) is 0 Å². The van der Waals surface area contributed by atoms with Gasteiger partial charge in [-0.1, -0.05) is 13.0 Å². The molecule has 0 heterocycles. The molecule has 76 valence electrons. The molecule has 0 rings (SSSR count). The van der Waals surface area contributed by atoms with Crippen LogP contribution in [0.1, 0.15) is 33.1 Å². The summed E-state index contributed by atoms with van der Waals surface area (Å²) in [5.74, 6) is -0.0337. The van der Waals surface area contributed by atoms with Crippen LogP contribution in [0.3, 0.4) is 0 Å². The third-order valence-corrected chi connectivity index (χ3v) is 2.00. The smallest absolute Gasteiger partial charge is 0.220 e. The van der Waals surface area contributed by atoms with Gasteiger partial charge in [0.1, 0.15) is 0 Å². The largest absolute Gasteiger partial charge is 0.388 e. The van der Waals surface area contributed by atoms with Gasteiger partial charge in [0.25, 0.3) is 0 Å². The molecule has 0 saturated heterocycles. The fraction of sp³-hybridized carbons (Fsp3) is 0.700. The van der Waals surface area contributed by atoms with E-state index in [-0.39, 0.29) is 5.91 Å². The lowest BCUT2D eigenvalue weighted by atomic mass is 10.0. The van der Waals surface area contributed by atoms with Crippen molar-refractivity contribution in [1.82, 2.24) is 5.32 Å². The number of amides is 1. The van der Waals surface area contributed by atoms with E-state index in [2.05, 4.69) is 11.9 Å². The number of aliphatic hydroxyl groups is 1. The van der Waals surface area contributed by atoms with E-state index in [4.69, 9.17) is 0 Å². The Balaban J connectivity index is 3.63. The van der Waals surface area contributed by atoms with Gasteiger partial charge in [-0.05, 0) is 19.8 Å². The first-order chi connectivity index (χ1) is 6.02. The quantitative estimate of drug-likeness (QED) is 0.611. The maximum atomic E-state index is 11.1. The predicted molar refractivity (Wildman–Crippen MR) is 53.4 cm³/mol. The second kappa shape index (κ2) is 5.75. The van der Waals surface area contributed by atoms with Crippen molar-refractivity contribution in [2.45, 2.75) is 38.7 Å². The van der Waals surface area contributed by atoms with Crippen LogP contribution in [0.15, 0.2) is 12.7 Å². The lowest BCUT2D eigenvalue weighted by molar-refractivity contribution is -0.122.